The maximum absolute atomic E-state index is 13.1. The van der Waals surface area contributed by atoms with Crippen molar-refractivity contribution in [3.8, 4) is 5.75 Å². The van der Waals surface area contributed by atoms with Crippen molar-refractivity contribution in [2.45, 2.75) is 19.5 Å². The first kappa shape index (κ1) is 13.5. The second-order valence-electron chi connectivity index (χ2n) is 4.43. The third kappa shape index (κ3) is 3.51. The normalized spacial score (nSPS) is 12.4. The number of hydrogen-bond acceptors (Lipinski definition) is 2. The third-order valence-corrected chi connectivity index (χ3v) is 2.98. The van der Waals surface area contributed by atoms with Crippen LogP contribution in [0.2, 0.25) is 0 Å². The Hall–Kier alpha value is -1.94. The van der Waals surface area contributed by atoms with Crippen LogP contribution < -0.4 is 5.32 Å². The van der Waals surface area contributed by atoms with Crippen LogP contribution >= 0.6 is 0 Å². The highest BCUT2D eigenvalue weighted by atomic mass is 19.1. The Morgan fingerprint density at radius 2 is 1.74 bits per heavy atom. The summed E-state index contributed by atoms with van der Waals surface area (Å²) in [5.41, 5.74) is 1.28. The summed E-state index contributed by atoms with van der Waals surface area (Å²) in [6.45, 7) is 2.24. The topological polar surface area (TPSA) is 32.3 Å². The first-order chi connectivity index (χ1) is 9.06. The van der Waals surface area contributed by atoms with Crippen molar-refractivity contribution in [3.05, 3.63) is 65.2 Å². The molecule has 2 aromatic carbocycles. The number of rotatable bonds is 4. The molecule has 0 bridgehead atoms. The molecule has 0 heterocycles. The molecule has 2 nitrogen and oxygen atoms in total. The summed E-state index contributed by atoms with van der Waals surface area (Å²) in [6.07, 6.45) is 0. The lowest BCUT2D eigenvalue weighted by molar-refractivity contribution is 0.459. The lowest BCUT2D eigenvalue weighted by atomic mass is 10.1. The van der Waals surface area contributed by atoms with Crippen molar-refractivity contribution in [1.82, 2.24) is 5.32 Å². The van der Waals surface area contributed by atoms with Crippen LogP contribution in [-0.4, -0.2) is 5.11 Å². The first-order valence-electron chi connectivity index (χ1n) is 6.02. The molecule has 2 aromatic rings. The minimum atomic E-state index is -0.591. The molecule has 0 aromatic heterocycles. The van der Waals surface area contributed by atoms with Crippen LogP contribution in [0, 0.1) is 11.6 Å². The average Bonchev–Trinajstić information content (AvgIpc) is 2.36. The number of benzene rings is 2. The first-order valence-corrected chi connectivity index (χ1v) is 6.02. The lowest BCUT2D eigenvalue weighted by Crippen LogP contribution is -2.18. The zero-order chi connectivity index (χ0) is 13.8. The number of phenols is 1. The van der Waals surface area contributed by atoms with E-state index >= 15 is 0 Å². The summed E-state index contributed by atoms with van der Waals surface area (Å²) < 4.78 is 26.2. The summed E-state index contributed by atoms with van der Waals surface area (Å²) in [7, 11) is 0. The number of hydrogen-bond donors (Lipinski definition) is 2. The largest absolute Gasteiger partial charge is 0.508 e. The molecule has 0 aliphatic heterocycles. The molecule has 1 unspecified atom stereocenters. The molecular weight excluding hydrogens is 248 g/mol. The lowest BCUT2D eigenvalue weighted by Gasteiger charge is -2.15. The third-order valence-electron chi connectivity index (χ3n) is 2.98. The van der Waals surface area contributed by atoms with Crippen LogP contribution in [0.1, 0.15) is 24.1 Å². The molecule has 4 heteroatoms. The van der Waals surface area contributed by atoms with Gasteiger partial charge in [0.2, 0.25) is 0 Å². The Balaban J connectivity index is 2.05. The van der Waals surface area contributed by atoms with Crippen molar-refractivity contribution < 1.29 is 13.9 Å². The van der Waals surface area contributed by atoms with E-state index in [4.69, 9.17) is 0 Å². The summed E-state index contributed by atoms with van der Waals surface area (Å²) in [5.74, 6) is -0.981. The van der Waals surface area contributed by atoms with Crippen LogP contribution in [0.15, 0.2) is 42.5 Å². The van der Waals surface area contributed by atoms with Gasteiger partial charge in [-0.15, -0.1) is 0 Å². The fourth-order valence-corrected chi connectivity index (χ4v) is 1.87. The molecule has 0 aliphatic carbocycles. The van der Waals surface area contributed by atoms with Gasteiger partial charge in [-0.3, -0.25) is 0 Å². The minimum Gasteiger partial charge on any atom is -0.508 e. The maximum atomic E-state index is 13.1. The standard InChI is InChI=1S/C15H15F2NO/c1-10(12-6-13(16)8-14(17)7-12)18-9-11-4-2-3-5-15(11)19/h2-8,10,18-19H,9H2,1H3. The van der Waals surface area contributed by atoms with Crippen molar-refractivity contribution in [2.24, 2.45) is 0 Å². The quantitative estimate of drug-likeness (QED) is 0.884. The van der Waals surface area contributed by atoms with Gasteiger partial charge in [-0.2, -0.15) is 0 Å². The molecule has 1 atom stereocenters. The Kier molecular flexibility index (Phi) is 4.12. The zero-order valence-corrected chi connectivity index (χ0v) is 10.5. The van der Waals surface area contributed by atoms with Gasteiger partial charge in [-0.1, -0.05) is 18.2 Å². The summed E-state index contributed by atoms with van der Waals surface area (Å²) in [6, 6.07) is 10.2. The van der Waals surface area contributed by atoms with Gasteiger partial charge < -0.3 is 10.4 Å². The summed E-state index contributed by atoms with van der Waals surface area (Å²) in [4.78, 5) is 0. The molecule has 0 amide bonds. The fourth-order valence-electron chi connectivity index (χ4n) is 1.87. The van der Waals surface area contributed by atoms with Crippen molar-refractivity contribution in [2.75, 3.05) is 0 Å². The van der Waals surface area contributed by atoms with Gasteiger partial charge in [0, 0.05) is 24.2 Å². The SMILES string of the molecule is CC(NCc1ccccc1O)c1cc(F)cc(F)c1. The molecule has 0 spiro atoms. The van der Waals surface area contributed by atoms with E-state index in [1.54, 1.807) is 18.2 Å². The van der Waals surface area contributed by atoms with E-state index in [1.165, 1.54) is 12.1 Å². The average molecular weight is 263 g/mol. The van der Waals surface area contributed by atoms with E-state index in [9.17, 15) is 13.9 Å². The van der Waals surface area contributed by atoms with Crippen molar-refractivity contribution in [1.29, 1.82) is 0 Å². The van der Waals surface area contributed by atoms with Gasteiger partial charge in [-0.05, 0) is 30.7 Å². The second kappa shape index (κ2) is 5.80. The van der Waals surface area contributed by atoms with Crippen LogP contribution in [-0.2, 0) is 6.54 Å². The van der Waals surface area contributed by atoms with Crippen LogP contribution in [0.3, 0.4) is 0 Å². The van der Waals surface area contributed by atoms with Gasteiger partial charge in [0.25, 0.3) is 0 Å². The predicted molar refractivity (Wildman–Crippen MR) is 69.7 cm³/mol. The molecule has 0 saturated carbocycles. The van der Waals surface area contributed by atoms with Crippen molar-refractivity contribution >= 4 is 0 Å². The molecule has 0 radical (unpaired) electrons. The molecular formula is C15H15F2NO. The number of para-hydroxylation sites is 1. The van der Waals surface area contributed by atoms with Gasteiger partial charge in [0.1, 0.15) is 17.4 Å². The molecule has 2 rings (SSSR count). The highest BCUT2D eigenvalue weighted by Crippen LogP contribution is 2.19. The van der Waals surface area contributed by atoms with Crippen LogP contribution in [0.25, 0.3) is 0 Å². The molecule has 0 fully saturated rings. The number of halogens is 2. The van der Waals surface area contributed by atoms with Gasteiger partial charge in [-0.25, -0.2) is 8.78 Å². The van der Waals surface area contributed by atoms with Gasteiger partial charge in [0.15, 0.2) is 0 Å². The molecule has 0 saturated heterocycles. The van der Waals surface area contributed by atoms with E-state index in [1.807, 2.05) is 13.0 Å². The van der Waals surface area contributed by atoms with E-state index in [-0.39, 0.29) is 11.8 Å². The molecule has 0 aliphatic rings. The van der Waals surface area contributed by atoms with E-state index in [0.717, 1.165) is 11.6 Å². The summed E-state index contributed by atoms with van der Waals surface area (Å²) >= 11 is 0. The number of nitrogens with one attached hydrogen (secondary N) is 1. The second-order valence-corrected chi connectivity index (χ2v) is 4.43. The minimum absolute atomic E-state index is 0.202. The van der Waals surface area contributed by atoms with Gasteiger partial charge >= 0.3 is 0 Å². The fraction of sp³-hybridized carbons (Fsp3) is 0.200. The smallest absolute Gasteiger partial charge is 0.126 e. The van der Waals surface area contributed by atoms with E-state index < -0.39 is 11.6 Å². The Morgan fingerprint density at radius 1 is 1.11 bits per heavy atom. The highest BCUT2D eigenvalue weighted by Gasteiger charge is 2.09. The maximum Gasteiger partial charge on any atom is 0.126 e. The zero-order valence-electron chi connectivity index (χ0n) is 10.5. The Bertz CT molecular complexity index is 552. The highest BCUT2D eigenvalue weighted by molar-refractivity contribution is 5.31. The number of phenolic OH excluding ortho intramolecular Hbond substituents is 1. The van der Waals surface area contributed by atoms with Gasteiger partial charge in [0.05, 0.1) is 0 Å². The molecule has 2 N–H and O–H groups in total. The van der Waals surface area contributed by atoms with E-state index in [2.05, 4.69) is 5.32 Å². The Labute approximate surface area is 110 Å². The monoisotopic (exact) mass is 263 g/mol. The van der Waals surface area contributed by atoms with Crippen LogP contribution in [0.5, 0.6) is 5.75 Å². The number of aromatic hydroxyl groups is 1. The van der Waals surface area contributed by atoms with Crippen molar-refractivity contribution in [3.63, 3.8) is 0 Å². The van der Waals surface area contributed by atoms with E-state index in [0.29, 0.717) is 12.1 Å². The van der Waals surface area contributed by atoms with Crippen LogP contribution in [0.4, 0.5) is 8.78 Å². The summed E-state index contributed by atoms with van der Waals surface area (Å²) in [5, 5.41) is 12.7. The predicted octanol–water partition coefficient (Wildman–Crippen LogP) is 3.52. The molecule has 100 valence electrons. The molecule has 19 heavy (non-hydrogen) atoms. The Morgan fingerprint density at radius 3 is 2.37 bits per heavy atom.